The SMILES string of the molecule is COCC(COCC(C)C)OCC(COCC(C)C)OC. The molecule has 0 radical (unpaired) electrons. The van der Waals surface area contributed by atoms with E-state index in [1.165, 1.54) is 0 Å². The molecule has 0 bridgehead atoms. The normalized spacial score (nSPS) is 14.9. The fourth-order valence-corrected chi connectivity index (χ4v) is 1.63. The van der Waals surface area contributed by atoms with Crippen LogP contribution >= 0.6 is 0 Å². The molecule has 0 fully saturated rings. The Morgan fingerprint density at radius 3 is 1.57 bits per heavy atom. The molecular formula is C16H34O5. The van der Waals surface area contributed by atoms with Crippen molar-refractivity contribution in [3.8, 4) is 0 Å². The smallest absolute Gasteiger partial charge is 0.104 e. The molecule has 0 aliphatic carbocycles. The molecule has 0 heterocycles. The first-order valence-corrected chi connectivity index (χ1v) is 7.78. The molecule has 0 aromatic carbocycles. The van der Waals surface area contributed by atoms with E-state index in [2.05, 4.69) is 27.7 Å². The Kier molecular flexibility index (Phi) is 13.3. The van der Waals surface area contributed by atoms with Gasteiger partial charge in [0.05, 0.1) is 26.4 Å². The van der Waals surface area contributed by atoms with Gasteiger partial charge in [0.15, 0.2) is 0 Å². The Balaban J connectivity index is 3.94. The minimum Gasteiger partial charge on any atom is -0.382 e. The fourth-order valence-electron chi connectivity index (χ4n) is 1.63. The lowest BCUT2D eigenvalue weighted by Gasteiger charge is -2.22. The highest BCUT2D eigenvalue weighted by Crippen LogP contribution is 2.03. The second-order valence-electron chi connectivity index (χ2n) is 6.13. The molecule has 0 aliphatic heterocycles. The zero-order valence-corrected chi connectivity index (χ0v) is 14.6. The van der Waals surface area contributed by atoms with E-state index < -0.39 is 0 Å². The first-order chi connectivity index (χ1) is 9.99. The molecule has 0 rings (SSSR count). The molecule has 5 heteroatoms. The highest BCUT2D eigenvalue weighted by atomic mass is 16.6. The quantitative estimate of drug-likeness (QED) is 0.493. The Hall–Kier alpha value is -0.200. The van der Waals surface area contributed by atoms with Crippen molar-refractivity contribution < 1.29 is 23.7 Å². The summed E-state index contributed by atoms with van der Waals surface area (Å²) in [5.74, 6) is 1.04. The highest BCUT2D eigenvalue weighted by Gasteiger charge is 2.15. The number of rotatable bonds is 14. The maximum absolute atomic E-state index is 5.82. The predicted octanol–water partition coefficient (Wildman–Crippen LogP) is 2.38. The fraction of sp³-hybridized carbons (Fsp3) is 1.00. The van der Waals surface area contributed by atoms with Gasteiger partial charge < -0.3 is 23.7 Å². The van der Waals surface area contributed by atoms with Crippen LogP contribution in [0.4, 0.5) is 0 Å². The van der Waals surface area contributed by atoms with E-state index in [9.17, 15) is 0 Å². The molecule has 0 saturated heterocycles. The van der Waals surface area contributed by atoms with Gasteiger partial charge in [0.1, 0.15) is 12.2 Å². The van der Waals surface area contributed by atoms with Crippen molar-refractivity contribution in [1.82, 2.24) is 0 Å². The van der Waals surface area contributed by atoms with E-state index in [0.29, 0.717) is 38.3 Å². The van der Waals surface area contributed by atoms with Crippen LogP contribution in [0.25, 0.3) is 0 Å². The molecule has 128 valence electrons. The molecule has 0 aliphatic rings. The summed E-state index contributed by atoms with van der Waals surface area (Å²) in [4.78, 5) is 0. The first-order valence-electron chi connectivity index (χ1n) is 7.78. The van der Waals surface area contributed by atoms with Crippen molar-refractivity contribution in [3.05, 3.63) is 0 Å². The second-order valence-corrected chi connectivity index (χ2v) is 6.13. The third-order valence-corrected chi connectivity index (χ3v) is 2.71. The van der Waals surface area contributed by atoms with Crippen molar-refractivity contribution >= 4 is 0 Å². The van der Waals surface area contributed by atoms with Crippen molar-refractivity contribution in [1.29, 1.82) is 0 Å². The van der Waals surface area contributed by atoms with Crippen LogP contribution in [0.5, 0.6) is 0 Å². The van der Waals surface area contributed by atoms with E-state index in [1.807, 2.05) is 0 Å². The average molecular weight is 306 g/mol. The minimum atomic E-state index is -0.0727. The number of hydrogen-bond acceptors (Lipinski definition) is 5. The Labute approximate surface area is 130 Å². The molecule has 0 aromatic rings. The summed E-state index contributed by atoms with van der Waals surface area (Å²) in [6, 6.07) is 0. The van der Waals surface area contributed by atoms with Gasteiger partial charge in [0, 0.05) is 27.4 Å². The number of ether oxygens (including phenoxy) is 5. The Morgan fingerprint density at radius 2 is 1.14 bits per heavy atom. The summed E-state index contributed by atoms with van der Waals surface area (Å²) in [7, 11) is 3.34. The predicted molar refractivity (Wildman–Crippen MR) is 83.7 cm³/mol. The summed E-state index contributed by atoms with van der Waals surface area (Å²) in [6.45, 7) is 12.0. The van der Waals surface area contributed by atoms with Gasteiger partial charge in [-0.1, -0.05) is 27.7 Å². The lowest BCUT2D eigenvalue weighted by Crippen LogP contribution is -2.32. The number of methoxy groups -OCH3 is 2. The molecule has 5 nitrogen and oxygen atoms in total. The van der Waals surface area contributed by atoms with E-state index in [0.717, 1.165) is 13.2 Å². The molecule has 0 amide bonds. The van der Waals surface area contributed by atoms with Crippen LogP contribution in [0.15, 0.2) is 0 Å². The van der Waals surface area contributed by atoms with Crippen LogP contribution in [0, 0.1) is 11.8 Å². The lowest BCUT2D eigenvalue weighted by atomic mass is 10.2. The maximum Gasteiger partial charge on any atom is 0.104 e. The van der Waals surface area contributed by atoms with E-state index in [-0.39, 0.29) is 12.2 Å². The van der Waals surface area contributed by atoms with Crippen LogP contribution in [-0.4, -0.2) is 66.1 Å². The molecule has 21 heavy (non-hydrogen) atoms. The summed E-state index contributed by atoms with van der Waals surface area (Å²) < 4.78 is 27.6. The van der Waals surface area contributed by atoms with Gasteiger partial charge in [-0.15, -0.1) is 0 Å². The molecule has 2 unspecified atom stereocenters. The Bertz CT molecular complexity index is 221. The largest absolute Gasteiger partial charge is 0.382 e. The zero-order chi connectivity index (χ0) is 16.1. The van der Waals surface area contributed by atoms with Gasteiger partial charge in [-0.3, -0.25) is 0 Å². The second kappa shape index (κ2) is 13.5. The maximum atomic E-state index is 5.82. The molecule has 2 atom stereocenters. The minimum absolute atomic E-state index is 0.0618. The standard InChI is InChI=1S/C16H34O5/c1-13(2)7-19-10-15(18-6)12-21-16(9-17-5)11-20-8-14(3)4/h13-16H,7-12H2,1-6H3. The summed E-state index contributed by atoms with van der Waals surface area (Å²) in [5, 5.41) is 0. The van der Waals surface area contributed by atoms with Gasteiger partial charge in [0.2, 0.25) is 0 Å². The first kappa shape index (κ1) is 20.8. The number of hydrogen-bond donors (Lipinski definition) is 0. The zero-order valence-electron chi connectivity index (χ0n) is 14.6. The highest BCUT2D eigenvalue weighted by molar-refractivity contribution is 4.61. The molecule has 0 spiro atoms. The Morgan fingerprint density at radius 1 is 0.619 bits per heavy atom. The summed E-state index contributed by atoms with van der Waals surface area (Å²) >= 11 is 0. The molecule has 0 N–H and O–H groups in total. The van der Waals surface area contributed by atoms with Crippen LogP contribution in [0.2, 0.25) is 0 Å². The van der Waals surface area contributed by atoms with Crippen LogP contribution in [0.1, 0.15) is 27.7 Å². The van der Waals surface area contributed by atoms with E-state index in [4.69, 9.17) is 23.7 Å². The third kappa shape index (κ3) is 13.2. The van der Waals surface area contributed by atoms with Crippen molar-refractivity contribution in [2.24, 2.45) is 11.8 Å². The van der Waals surface area contributed by atoms with Gasteiger partial charge in [-0.25, -0.2) is 0 Å². The van der Waals surface area contributed by atoms with Gasteiger partial charge in [-0.2, -0.15) is 0 Å². The van der Waals surface area contributed by atoms with Gasteiger partial charge >= 0.3 is 0 Å². The lowest BCUT2D eigenvalue weighted by molar-refractivity contribution is -0.0994. The summed E-state index contributed by atoms with van der Waals surface area (Å²) in [6.07, 6.45) is -0.135. The molecule has 0 saturated carbocycles. The van der Waals surface area contributed by atoms with Crippen molar-refractivity contribution in [2.75, 3.05) is 53.9 Å². The molecular weight excluding hydrogens is 272 g/mol. The van der Waals surface area contributed by atoms with Crippen LogP contribution in [-0.2, 0) is 23.7 Å². The van der Waals surface area contributed by atoms with Crippen molar-refractivity contribution in [3.63, 3.8) is 0 Å². The van der Waals surface area contributed by atoms with Crippen molar-refractivity contribution in [2.45, 2.75) is 39.9 Å². The van der Waals surface area contributed by atoms with Gasteiger partial charge in [-0.05, 0) is 11.8 Å². The van der Waals surface area contributed by atoms with Gasteiger partial charge in [0.25, 0.3) is 0 Å². The topological polar surface area (TPSA) is 46.2 Å². The summed E-state index contributed by atoms with van der Waals surface area (Å²) in [5.41, 5.74) is 0. The third-order valence-electron chi connectivity index (χ3n) is 2.71. The van der Waals surface area contributed by atoms with E-state index in [1.54, 1.807) is 14.2 Å². The monoisotopic (exact) mass is 306 g/mol. The average Bonchev–Trinajstić information content (AvgIpc) is 2.41. The van der Waals surface area contributed by atoms with E-state index >= 15 is 0 Å². The van der Waals surface area contributed by atoms with Crippen LogP contribution < -0.4 is 0 Å². The van der Waals surface area contributed by atoms with Crippen LogP contribution in [0.3, 0.4) is 0 Å². The molecule has 0 aromatic heterocycles.